The molecule has 2 heteroatoms. The zero-order valence-electron chi connectivity index (χ0n) is 9.63. The molecule has 14 heavy (non-hydrogen) atoms. The third kappa shape index (κ3) is 2.59. The van der Waals surface area contributed by atoms with Crippen molar-refractivity contribution in [1.82, 2.24) is 4.90 Å². The van der Waals surface area contributed by atoms with E-state index in [0.29, 0.717) is 0 Å². The molecule has 76 valence electrons. The van der Waals surface area contributed by atoms with E-state index in [-0.39, 0.29) is 0 Å². The summed E-state index contributed by atoms with van der Waals surface area (Å²) in [6.07, 6.45) is 1.83. The lowest BCUT2D eigenvalue weighted by molar-refractivity contribution is 0.643. The summed E-state index contributed by atoms with van der Waals surface area (Å²) >= 11 is 0. The Bertz CT molecular complexity index is 352. The monoisotopic (exact) mass is 190 g/mol. The highest BCUT2D eigenvalue weighted by molar-refractivity contribution is 5.63. The Morgan fingerprint density at radius 3 is 2.14 bits per heavy atom. The predicted molar refractivity (Wildman–Crippen MR) is 62.5 cm³/mol. The normalized spacial score (nSPS) is 10.9. The van der Waals surface area contributed by atoms with Gasteiger partial charge in [0.05, 0.1) is 12.0 Å². The summed E-state index contributed by atoms with van der Waals surface area (Å²) in [6.45, 7) is 6.33. The highest BCUT2D eigenvalue weighted by Crippen LogP contribution is 2.22. The third-order valence-electron chi connectivity index (χ3n) is 2.24. The molecule has 2 nitrogen and oxygen atoms in total. The number of aryl methyl sites for hydroxylation is 3. The van der Waals surface area contributed by atoms with Crippen LogP contribution in [-0.4, -0.2) is 25.3 Å². The minimum Gasteiger partial charge on any atom is -0.369 e. The van der Waals surface area contributed by atoms with E-state index >= 15 is 0 Å². The van der Waals surface area contributed by atoms with Gasteiger partial charge in [-0.2, -0.15) is 0 Å². The second-order valence-corrected chi connectivity index (χ2v) is 3.93. The van der Waals surface area contributed by atoms with E-state index in [2.05, 4.69) is 37.9 Å². The zero-order chi connectivity index (χ0) is 10.7. The average Bonchev–Trinajstić information content (AvgIpc) is 2.09. The lowest BCUT2D eigenvalue weighted by Gasteiger charge is -2.07. The van der Waals surface area contributed by atoms with Gasteiger partial charge < -0.3 is 4.90 Å². The molecule has 0 heterocycles. The van der Waals surface area contributed by atoms with Gasteiger partial charge in [0.15, 0.2) is 0 Å². The molecule has 0 fully saturated rings. The molecule has 0 saturated carbocycles. The highest BCUT2D eigenvalue weighted by Gasteiger charge is 1.99. The summed E-state index contributed by atoms with van der Waals surface area (Å²) in [5.74, 6) is 0. The van der Waals surface area contributed by atoms with Gasteiger partial charge in [-0.15, -0.1) is 0 Å². The van der Waals surface area contributed by atoms with Crippen LogP contribution in [0, 0.1) is 20.8 Å². The Morgan fingerprint density at radius 2 is 1.57 bits per heavy atom. The van der Waals surface area contributed by atoms with E-state index in [1.165, 1.54) is 16.7 Å². The average molecular weight is 190 g/mol. The van der Waals surface area contributed by atoms with Crippen molar-refractivity contribution in [2.24, 2.45) is 4.99 Å². The van der Waals surface area contributed by atoms with Crippen LogP contribution in [0.5, 0.6) is 0 Å². The number of rotatable bonds is 2. The Hall–Kier alpha value is -1.31. The van der Waals surface area contributed by atoms with Gasteiger partial charge in [0.2, 0.25) is 0 Å². The van der Waals surface area contributed by atoms with Crippen molar-refractivity contribution in [2.75, 3.05) is 14.1 Å². The van der Waals surface area contributed by atoms with Crippen LogP contribution in [0.2, 0.25) is 0 Å². The van der Waals surface area contributed by atoms with Gasteiger partial charge in [-0.25, -0.2) is 4.99 Å². The Kier molecular flexibility index (Phi) is 3.28. The van der Waals surface area contributed by atoms with Gasteiger partial charge in [-0.05, 0) is 43.5 Å². The van der Waals surface area contributed by atoms with Gasteiger partial charge in [0.1, 0.15) is 0 Å². The van der Waals surface area contributed by atoms with Gasteiger partial charge in [-0.1, -0.05) is 6.07 Å². The molecule has 0 bridgehead atoms. The van der Waals surface area contributed by atoms with Crippen molar-refractivity contribution in [3.8, 4) is 0 Å². The molecule has 1 rings (SSSR count). The van der Waals surface area contributed by atoms with Gasteiger partial charge in [-0.3, -0.25) is 0 Å². The summed E-state index contributed by atoms with van der Waals surface area (Å²) in [4.78, 5) is 6.35. The number of hydrogen-bond donors (Lipinski definition) is 0. The summed E-state index contributed by atoms with van der Waals surface area (Å²) in [5.41, 5.74) is 4.90. The van der Waals surface area contributed by atoms with Crippen LogP contribution in [0.15, 0.2) is 17.1 Å². The molecule has 0 aliphatic heterocycles. The van der Waals surface area contributed by atoms with Crippen LogP contribution in [0.25, 0.3) is 0 Å². The maximum Gasteiger partial charge on any atom is 0.0907 e. The van der Waals surface area contributed by atoms with Crippen molar-refractivity contribution < 1.29 is 0 Å². The molecule has 0 aromatic heterocycles. The maximum absolute atomic E-state index is 4.41. The molecule has 0 aliphatic rings. The van der Waals surface area contributed by atoms with Crippen molar-refractivity contribution in [3.05, 3.63) is 28.8 Å². The Labute approximate surface area is 86.3 Å². The quantitative estimate of drug-likeness (QED) is 0.517. The van der Waals surface area contributed by atoms with E-state index in [1.807, 2.05) is 25.3 Å². The number of hydrogen-bond acceptors (Lipinski definition) is 1. The lowest BCUT2D eigenvalue weighted by Crippen LogP contribution is -2.07. The van der Waals surface area contributed by atoms with E-state index < -0.39 is 0 Å². The van der Waals surface area contributed by atoms with Crippen molar-refractivity contribution >= 4 is 12.0 Å². The molecule has 0 amide bonds. The molecule has 1 aromatic carbocycles. The largest absolute Gasteiger partial charge is 0.369 e. The molecule has 0 saturated heterocycles. The van der Waals surface area contributed by atoms with Gasteiger partial charge >= 0.3 is 0 Å². The standard InChI is InChI=1S/C12H18N2/c1-9-6-11(3)12(7-10(9)2)13-8-14(4)5/h6-8H,1-5H3. The molecule has 0 radical (unpaired) electrons. The molecule has 1 aromatic rings. The summed E-state index contributed by atoms with van der Waals surface area (Å²) in [6, 6.07) is 4.31. The molecule has 0 aliphatic carbocycles. The van der Waals surface area contributed by atoms with Crippen LogP contribution in [0.3, 0.4) is 0 Å². The fourth-order valence-electron chi connectivity index (χ4n) is 1.26. The van der Waals surface area contributed by atoms with Crippen LogP contribution >= 0.6 is 0 Å². The predicted octanol–water partition coefficient (Wildman–Crippen LogP) is 2.83. The van der Waals surface area contributed by atoms with Gasteiger partial charge in [0.25, 0.3) is 0 Å². The highest BCUT2D eigenvalue weighted by atomic mass is 15.1. The lowest BCUT2D eigenvalue weighted by atomic mass is 10.1. The fourth-order valence-corrected chi connectivity index (χ4v) is 1.26. The number of aliphatic imine (C=N–C) groups is 1. The third-order valence-corrected chi connectivity index (χ3v) is 2.24. The SMILES string of the molecule is Cc1cc(C)c(N=CN(C)C)cc1C. The number of nitrogens with zero attached hydrogens (tertiary/aromatic N) is 2. The van der Waals surface area contributed by atoms with Crippen LogP contribution < -0.4 is 0 Å². The first-order valence-corrected chi connectivity index (χ1v) is 4.79. The molecular weight excluding hydrogens is 172 g/mol. The fraction of sp³-hybridized carbons (Fsp3) is 0.417. The first-order chi connectivity index (χ1) is 6.50. The minimum atomic E-state index is 1.06. The van der Waals surface area contributed by atoms with Crippen LogP contribution in [0.4, 0.5) is 5.69 Å². The Balaban J connectivity index is 3.04. The van der Waals surface area contributed by atoms with E-state index in [1.54, 1.807) is 0 Å². The molecule has 0 N–H and O–H groups in total. The Morgan fingerprint density at radius 1 is 1.00 bits per heavy atom. The minimum absolute atomic E-state index is 1.06. The maximum atomic E-state index is 4.41. The second kappa shape index (κ2) is 4.27. The summed E-state index contributed by atoms with van der Waals surface area (Å²) in [5, 5.41) is 0. The second-order valence-electron chi connectivity index (χ2n) is 3.93. The zero-order valence-corrected chi connectivity index (χ0v) is 9.63. The first kappa shape index (κ1) is 10.8. The van der Waals surface area contributed by atoms with Crippen molar-refractivity contribution in [2.45, 2.75) is 20.8 Å². The molecule has 0 spiro atoms. The molecule has 0 unspecified atom stereocenters. The van der Waals surface area contributed by atoms with E-state index in [0.717, 1.165) is 5.69 Å². The van der Waals surface area contributed by atoms with Crippen LogP contribution in [0.1, 0.15) is 16.7 Å². The van der Waals surface area contributed by atoms with Crippen molar-refractivity contribution in [3.63, 3.8) is 0 Å². The van der Waals surface area contributed by atoms with E-state index in [4.69, 9.17) is 0 Å². The van der Waals surface area contributed by atoms with E-state index in [9.17, 15) is 0 Å². The van der Waals surface area contributed by atoms with Crippen molar-refractivity contribution in [1.29, 1.82) is 0 Å². The summed E-state index contributed by atoms with van der Waals surface area (Å²) < 4.78 is 0. The first-order valence-electron chi connectivity index (χ1n) is 4.79. The topological polar surface area (TPSA) is 15.6 Å². The molecular formula is C12H18N2. The molecule has 0 atom stereocenters. The number of benzene rings is 1. The smallest absolute Gasteiger partial charge is 0.0907 e. The van der Waals surface area contributed by atoms with Crippen LogP contribution in [-0.2, 0) is 0 Å². The van der Waals surface area contributed by atoms with Gasteiger partial charge in [0, 0.05) is 14.1 Å². The summed E-state index contributed by atoms with van der Waals surface area (Å²) in [7, 11) is 3.94.